The van der Waals surface area contributed by atoms with Crippen LogP contribution in [0.5, 0.6) is 5.75 Å². The van der Waals surface area contributed by atoms with E-state index in [1.54, 1.807) is 0 Å². The van der Waals surface area contributed by atoms with Crippen LogP contribution >= 0.6 is 0 Å². The molecule has 14 heavy (non-hydrogen) atoms. The highest BCUT2D eigenvalue weighted by Crippen LogP contribution is 2.43. The summed E-state index contributed by atoms with van der Waals surface area (Å²) in [5.74, 6) is 0.643. The summed E-state index contributed by atoms with van der Waals surface area (Å²) < 4.78 is 5.27. The van der Waals surface area contributed by atoms with Gasteiger partial charge in [-0.2, -0.15) is 0 Å². The van der Waals surface area contributed by atoms with Crippen molar-refractivity contribution in [3.8, 4) is 5.75 Å². The lowest BCUT2D eigenvalue weighted by Crippen LogP contribution is -2.32. The molecule has 0 bridgehead atoms. The second-order valence-electron chi connectivity index (χ2n) is 3.67. The molecule has 1 aromatic carbocycles. The van der Waals surface area contributed by atoms with Gasteiger partial charge in [-0.1, -0.05) is 32.0 Å². The molecule has 0 aliphatic carbocycles. The molecule has 0 N–H and O–H groups in total. The van der Waals surface area contributed by atoms with Crippen molar-refractivity contribution in [1.29, 1.82) is 0 Å². The summed E-state index contributed by atoms with van der Waals surface area (Å²) in [5, 5.41) is 0. The van der Waals surface area contributed by atoms with E-state index in [0.717, 1.165) is 24.2 Å². The van der Waals surface area contributed by atoms with Crippen molar-refractivity contribution < 1.29 is 9.53 Å². The van der Waals surface area contributed by atoms with Gasteiger partial charge in [-0.25, -0.2) is 0 Å². The Labute approximate surface area is 83.9 Å². The van der Waals surface area contributed by atoms with E-state index in [1.165, 1.54) is 0 Å². The van der Waals surface area contributed by atoms with E-state index in [2.05, 4.69) is 0 Å². The molecule has 0 aromatic heterocycles. The molecule has 1 heterocycles. The molecule has 0 unspecified atom stereocenters. The van der Waals surface area contributed by atoms with Crippen LogP contribution in [0.2, 0.25) is 0 Å². The number of para-hydroxylation sites is 1. The van der Waals surface area contributed by atoms with Crippen LogP contribution < -0.4 is 4.74 Å². The Kier molecular flexibility index (Phi) is 2.06. The van der Waals surface area contributed by atoms with Crippen LogP contribution in [-0.4, -0.2) is 5.97 Å². The molecule has 2 heteroatoms. The predicted molar refractivity (Wildman–Crippen MR) is 54.3 cm³/mol. The Morgan fingerprint density at radius 1 is 1.21 bits per heavy atom. The Morgan fingerprint density at radius 2 is 1.86 bits per heavy atom. The van der Waals surface area contributed by atoms with Gasteiger partial charge in [0.15, 0.2) is 0 Å². The van der Waals surface area contributed by atoms with Crippen LogP contribution in [-0.2, 0) is 10.2 Å². The Bertz CT molecular complexity index is 364. The van der Waals surface area contributed by atoms with Crippen molar-refractivity contribution >= 4 is 5.97 Å². The molecule has 1 aliphatic heterocycles. The normalized spacial score (nSPS) is 17.7. The molecule has 0 fully saturated rings. The second kappa shape index (κ2) is 3.12. The average Bonchev–Trinajstić information content (AvgIpc) is 2.50. The van der Waals surface area contributed by atoms with Crippen molar-refractivity contribution in [2.24, 2.45) is 0 Å². The lowest BCUT2D eigenvalue weighted by Gasteiger charge is -2.21. The fourth-order valence-electron chi connectivity index (χ4n) is 2.18. The molecule has 1 aliphatic rings. The van der Waals surface area contributed by atoms with Crippen molar-refractivity contribution in [2.75, 3.05) is 0 Å². The maximum atomic E-state index is 11.8. The molecule has 0 radical (unpaired) electrons. The zero-order valence-electron chi connectivity index (χ0n) is 8.54. The molecular formula is C12H14O2. The smallest absolute Gasteiger partial charge is 0.322 e. The molecular weight excluding hydrogens is 176 g/mol. The summed E-state index contributed by atoms with van der Waals surface area (Å²) in [7, 11) is 0. The van der Waals surface area contributed by atoms with Gasteiger partial charge in [0.1, 0.15) is 5.75 Å². The summed E-state index contributed by atoms with van der Waals surface area (Å²) in [6, 6.07) is 7.71. The molecule has 0 spiro atoms. The van der Waals surface area contributed by atoms with E-state index in [4.69, 9.17) is 4.74 Å². The number of hydrogen-bond donors (Lipinski definition) is 0. The third-order valence-electron chi connectivity index (χ3n) is 3.20. The topological polar surface area (TPSA) is 26.3 Å². The number of ether oxygens (including phenoxy) is 1. The molecule has 0 saturated heterocycles. The van der Waals surface area contributed by atoms with Crippen LogP contribution in [0.25, 0.3) is 0 Å². The first-order chi connectivity index (χ1) is 6.74. The van der Waals surface area contributed by atoms with Crippen LogP contribution in [0.3, 0.4) is 0 Å². The summed E-state index contributed by atoms with van der Waals surface area (Å²) in [6.45, 7) is 4.07. The van der Waals surface area contributed by atoms with Crippen LogP contribution in [0.15, 0.2) is 24.3 Å². The molecule has 0 amide bonds. The number of esters is 1. The maximum Gasteiger partial charge on any atom is 0.322 e. The van der Waals surface area contributed by atoms with Crippen molar-refractivity contribution in [1.82, 2.24) is 0 Å². The minimum Gasteiger partial charge on any atom is -0.426 e. The molecule has 2 rings (SSSR count). The third kappa shape index (κ3) is 0.999. The van der Waals surface area contributed by atoms with Crippen LogP contribution in [0.4, 0.5) is 0 Å². The first-order valence-corrected chi connectivity index (χ1v) is 5.06. The van der Waals surface area contributed by atoms with Gasteiger partial charge < -0.3 is 4.74 Å². The van der Waals surface area contributed by atoms with Crippen LogP contribution in [0, 0.1) is 0 Å². The number of carbonyl (C=O) groups is 1. The van der Waals surface area contributed by atoms with E-state index < -0.39 is 5.41 Å². The number of hydrogen-bond acceptors (Lipinski definition) is 2. The fraction of sp³-hybridized carbons (Fsp3) is 0.417. The van der Waals surface area contributed by atoms with E-state index in [9.17, 15) is 4.79 Å². The first kappa shape index (κ1) is 9.25. The molecule has 74 valence electrons. The Balaban J connectivity index is 2.58. The van der Waals surface area contributed by atoms with Gasteiger partial charge in [-0.05, 0) is 18.9 Å². The predicted octanol–water partition coefficient (Wildman–Crippen LogP) is 2.66. The highest BCUT2D eigenvalue weighted by molar-refractivity contribution is 5.90. The SMILES string of the molecule is CCC1(CC)C(=O)Oc2ccccc21. The van der Waals surface area contributed by atoms with Gasteiger partial charge in [0, 0.05) is 5.56 Å². The first-order valence-electron chi connectivity index (χ1n) is 5.06. The number of fused-ring (bicyclic) bond motifs is 1. The maximum absolute atomic E-state index is 11.8. The monoisotopic (exact) mass is 190 g/mol. The number of rotatable bonds is 2. The van der Waals surface area contributed by atoms with Crippen molar-refractivity contribution in [3.05, 3.63) is 29.8 Å². The zero-order chi connectivity index (χ0) is 10.2. The van der Waals surface area contributed by atoms with Gasteiger partial charge >= 0.3 is 5.97 Å². The van der Waals surface area contributed by atoms with Crippen molar-refractivity contribution in [3.63, 3.8) is 0 Å². The molecule has 1 aromatic rings. The van der Waals surface area contributed by atoms with Crippen LogP contribution in [0.1, 0.15) is 32.3 Å². The molecule has 0 atom stereocenters. The lowest BCUT2D eigenvalue weighted by atomic mass is 9.77. The minimum atomic E-state index is -0.392. The lowest BCUT2D eigenvalue weighted by molar-refractivity contribution is -0.138. The van der Waals surface area contributed by atoms with Gasteiger partial charge in [0.25, 0.3) is 0 Å². The quantitative estimate of drug-likeness (QED) is 0.529. The van der Waals surface area contributed by atoms with Gasteiger partial charge in [0.05, 0.1) is 5.41 Å². The number of benzene rings is 1. The van der Waals surface area contributed by atoms with E-state index in [-0.39, 0.29) is 5.97 Å². The third-order valence-corrected chi connectivity index (χ3v) is 3.20. The minimum absolute atomic E-state index is 0.0938. The summed E-state index contributed by atoms with van der Waals surface area (Å²) in [5.41, 5.74) is 0.659. The molecule has 2 nitrogen and oxygen atoms in total. The van der Waals surface area contributed by atoms with Gasteiger partial charge in [-0.3, -0.25) is 4.79 Å². The zero-order valence-corrected chi connectivity index (χ0v) is 8.54. The van der Waals surface area contributed by atoms with Gasteiger partial charge in [-0.15, -0.1) is 0 Å². The van der Waals surface area contributed by atoms with E-state index in [1.807, 2.05) is 38.1 Å². The highest BCUT2D eigenvalue weighted by Gasteiger charge is 2.45. The van der Waals surface area contributed by atoms with Gasteiger partial charge in [0.2, 0.25) is 0 Å². The van der Waals surface area contributed by atoms with E-state index in [0.29, 0.717) is 0 Å². The second-order valence-corrected chi connectivity index (χ2v) is 3.67. The Morgan fingerprint density at radius 3 is 2.50 bits per heavy atom. The molecule has 0 saturated carbocycles. The summed E-state index contributed by atoms with van der Waals surface area (Å²) in [4.78, 5) is 11.8. The summed E-state index contributed by atoms with van der Waals surface area (Å²) >= 11 is 0. The largest absolute Gasteiger partial charge is 0.426 e. The highest BCUT2D eigenvalue weighted by atomic mass is 16.5. The average molecular weight is 190 g/mol. The fourth-order valence-corrected chi connectivity index (χ4v) is 2.18. The standard InChI is InChI=1S/C12H14O2/c1-3-12(4-2)9-7-5-6-8-10(9)14-11(12)13/h5-8H,3-4H2,1-2H3. The summed E-state index contributed by atoms with van der Waals surface area (Å²) in [6.07, 6.45) is 1.61. The number of carbonyl (C=O) groups excluding carboxylic acids is 1. The Hall–Kier alpha value is -1.31. The van der Waals surface area contributed by atoms with E-state index >= 15 is 0 Å². The van der Waals surface area contributed by atoms with Crippen molar-refractivity contribution in [2.45, 2.75) is 32.1 Å².